The van der Waals surface area contributed by atoms with E-state index < -0.39 is 0 Å². The van der Waals surface area contributed by atoms with Crippen LogP contribution in [0.15, 0.2) is 48.7 Å². The molecule has 4 nitrogen and oxygen atoms in total. The van der Waals surface area contributed by atoms with Crippen LogP contribution in [0.3, 0.4) is 0 Å². The lowest BCUT2D eigenvalue weighted by atomic mass is 10.0. The number of pyridine rings is 1. The highest BCUT2D eigenvalue weighted by Gasteiger charge is 2.17. The second-order valence-electron chi connectivity index (χ2n) is 4.53. The van der Waals surface area contributed by atoms with Gasteiger partial charge in [0.05, 0.1) is 11.7 Å². The van der Waals surface area contributed by atoms with Crippen LogP contribution in [0.1, 0.15) is 23.1 Å². The Morgan fingerprint density at radius 3 is 2.76 bits per heavy atom. The largest absolute Gasteiger partial charge is 0.348 e. The second-order valence-corrected chi connectivity index (χ2v) is 5.29. The van der Waals surface area contributed by atoms with Crippen LogP contribution in [0.4, 0.5) is 9.52 Å². The summed E-state index contributed by atoms with van der Waals surface area (Å²) in [7, 11) is 0. The van der Waals surface area contributed by atoms with Crippen LogP contribution in [-0.2, 0) is 0 Å². The number of aromatic nitrogens is 3. The number of halogens is 1. The molecule has 0 bridgehead atoms. The van der Waals surface area contributed by atoms with Gasteiger partial charge in [-0.1, -0.05) is 18.2 Å². The van der Waals surface area contributed by atoms with Crippen LogP contribution in [0, 0.1) is 12.7 Å². The van der Waals surface area contributed by atoms with E-state index >= 15 is 0 Å². The van der Waals surface area contributed by atoms with Gasteiger partial charge in [0.15, 0.2) is 0 Å². The Balaban J connectivity index is 1.98. The van der Waals surface area contributed by atoms with Crippen LogP contribution in [0.25, 0.3) is 0 Å². The Labute approximate surface area is 125 Å². The predicted octanol–water partition coefficient (Wildman–Crippen LogP) is 3.58. The molecule has 3 rings (SSSR count). The van der Waals surface area contributed by atoms with E-state index in [-0.39, 0.29) is 11.9 Å². The van der Waals surface area contributed by atoms with Crippen molar-refractivity contribution in [3.8, 4) is 0 Å². The molecule has 6 heteroatoms. The zero-order valence-corrected chi connectivity index (χ0v) is 12.1. The highest BCUT2D eigenvalue weighted by Crippen LogP contribution is 2.26. The molecule has 106 valence electrons. The van der Waals surface area contributed by atoms with Gasteiger partial charge in [0.25, 0.3) is 0 Å². The lowest BCUT2D eigenvalue weighted by Crippen LogP contribution is -2.13. The molecule has 1 atom stereocenters. The monoisotopic (exact) mass is 300 g/mol. The maximum Gasteiger partial charge on any atom is 0.203 e. The van der Waals surface area contributed by atoms with Crippen molar-refractivity contribution in [2.45, 2.75) is 13.0 Å². The standard InChI is InChI=1S/C15H13FN4S/c1-10-18-15(21-20-10)19-14(13-7-2-3-8-17-13)11-5-4-6-12(16)9-11/h2-9,14H,1H3,(H,18,19,20). The fourth-order valence-electron chi connectivity index (χ4n) is 2.04. The van der Waals surface area contributed by atoms with E-state index in [2.05, 4.69) is 19.7 Å². The number of hydrogen-bond donors (Lipinski definition) is 1. The summed E-state index contributed by atoms with van der Waals surface area (Å²) in [6, 6.07) is 11.9. The van der Waals surface area contributed by atoms with Crippen LogP contribution >= 0.6 is 11.5 Å². The molecule has 2 aromatic heterocycles. The van der Waals surface area contributed by atoms with E-state index in [0.29, 0.717) is 11.0 Å². The lowest BCUT2D eigenvalue weighted by Gasteiger charge is -2.18. The lowest BCUT2D eigenvalue weighted by molar-refractivity contribution is 0.624. The molecule has 1 N–H and O–H groups in total. The fourth-order valence-corrected chi connectivity index (χ4v) is 2.64. The average molecular weight is 300 g/mol. The molecule has 0 fully saturated rings. The minimum atomic E-state index is -0.274. The fraction of sp³-hybridized carbons (Fsp3) is 0.133. The average Bonchev–Trinajstić information content (AvgIpc) is 2.91. The molecule has 0 aliphatic rings. The van der Waals surface area contributed by atoms with Crippen molar-refractivity contribution in [3.63, 3.8) is 0 Å². The molecule has 21 heavy (non-hydrogen) atoms. The van der Waals surface area contributed by atoms with Gasteiger partial charge in [-0.3, -0.25) is 4.98 Å². The molecule has 0 aliphatic heterocycles. The number of benzene rings is 1. The van der Waals surface area contributed by atoms with Gasteiger partial charge in [-0.15, -0.1) is 0 Å². The highest BCUT2D eigenvalue weighted by atomic mass is 32.1. The van der Waals surface area contributed by atoms with Crippen molar-refractivity contribution in [2.24, 2.45) is 0 Å². The first-order valence-corrected chi connectivity index (χ1v) is 7.23. The minimum absolute atomic E-state index is 0.269. The van der Waals surface area contributed by atoms with E-state index in [4.69, 9.17) is 0 Å². The quantitative estimate of drug-likeness (QED) is 0.800. The summed E-state index contributed by atoms with van der Waals surface area (Å²) in [6.45, 7) is 1.83. The van der Waals surface area contributed by atoms with Gasteiger partial charge >= 0.3 is 0 Å². The van der Waals surface area contributed by atoms with Gasteiger partial charge < -0.3 is 5.32 Å². The molecule has 3 aromatic rings. The van der Waals surface area contributed by atoms with Crippen molar-refractivity contribution in [2.75, 3.05) is 5.32 Å². The van der Waals surface area contributed by atoms with Crippen LogP contribution in [0.2, 0.25) is 0 Å². The molecule has 0 saturated carbocycles. The number of aryl methyl sites for hydroxylation is 1. The SMILES string of the molecule is Cc1nsc(NC(c2cccc(F)c2)c2ccccn2)n1. The predicted molar refractivity (Wildman–Crippen MR) is 80.7 cm³/mol. The Hall–Kier alpha value is -2.34. The Kier molecular flexibility index (Phi) is 3.87. The van der Waals surface area contributed by atoms with Crippen molar-refractivity contribution >= 4 is 16.7 Å². The summed E-state index contributed by atoms with van der Waals surface area (Å²) >= 11 is 1.28. The van der Waals surface area contributed by atoms with E-state index in [0.717, 1.165) is 11.3 Å². The zero-order valence-electron chi connectivity index (χ0n) is 11.3. The van der Waals surface area contributed by atoms with Gasteiger partial charge in [-0.25, -0.2) is 9.37 Å². The maximum atomic E-state index is 13.5. The first-order chi connectivity index (χ1) is 10.2. The number of nitrogens with zero attached hydrogens (tertiary/aromatic N) is 3. The van der Waals surface area contributed by atoms with Crippen molar-refractivity contribution < 1.29 is 4.39 Å². The topological polar surface area (TPSA) is 50.7 Å². The van der Waals surface area contributed by atoms with Crippen molar-refractivity contribution in [1.82, 2.24) is 14.3 Å². The summed E-state index contributed by atoms with van der Waals surface area (Å²) in [4.78, 5) is 8.66. The van der Waals surface area contributed by atoms with Gasteiger partial charge in [-0.2, -0.15) is 4.37 Å². The molecule has 0 aliphatic carbocycles. The van der Waals surface area contributed by atoms with E-state index in [1.54, 1.807) is 12.3 Å². The molecule has 0 saturated heterocycles. The van der Waals surface area contributed by atoms with E-state index in [9.17, 15) is 4.39 Å². The number of nitrogens with one attached hydrogen (secondary N) is 1. The number of hydrogen-bond acceptors (Lipinski definition) is 5. The summed E-state index contributed by atoms with van der Waals surface area (Å²) in [6.07, 6.45) is 1.72. The second kappa shape index (κ2) is 5.97. The third-order valence-corrected chi connectivity index (χ3v) is 3.70. The molecule has 1 aromatic carbocycles. The molecule has 0 spiro atoms. The van der Waals surface area contributed by atoms with Crippen LogP contribution < -0.4 is 5.32 Å². The van der Waals surface area contributed by atoms with Crippen molar-refractivity contribution in [1.29, 1.82) is 0 Å². The van der Waals surface area contributed by atoms with E-state index in [1.807, 2.05) is 31.2 Å². The van der Waals surface area contributed by atoms with Crippen molar-refractivity contribution in [3.05, 3.63) is 71.6 Å². The Bertz CT molecular complexity index is 729. The summed E-state index contributed by atoms with van der Waals surface area (Å²) in [5, 5.41) is 3.96. The molecular formula is C15H13FN4S. The summed E-state index contributed by atoms with van der Waals surface area (Å²) in [5.74, 6) is 0.435. The Morgan fingerprint density at radius 1 is 1.19 bits per heavy atom. The third kappa shape index (κ3) is 3.22. The minimum Gasteiger partial charge on any atom is -0.348 e. The summed E-state index contributed by atoms with van der Waals surface area (Å²) in [5.41, 5.74) is 1.59. The third-order valence-electron chi connectivity index (χ3n) is 2.96. The normalized spacial score (nSPS) is 12.1. The molecule has 2 heterocycles. The first-order valence-electron chi connectivity index (χ1n) is 6.45. The highest BCUT2D eigenvalue weighted by molar-refractivity contribution is 7.09. The molecular weight excluding hydrogens is 287 g/mol. The van der Waals surface area contributed by atoms with Gasteiger partial charge in [-0.05, 0) is 36.8 Å². The molecule has 1 unspecified atom stereocenters. The smallest absolute Gasteiger partial charge is 0.203 e. The first kappa shape index (κ1) is 13.6. The summed E-state index contributed by atoms with van der Waals surface area (Å²) < 4.78 is 17.7. The van der Waals surface area contributed by atoms with Gasteiger partial charge in [0.1, 0.15) is 11.6 Å². The zero-order chi connectivity index (χ0) is 14.7. The molecule has 0 amide bonds. The maximum absolute atomic E-state index is 13.5. The number of anilines is 1. The van der Waals surface area contributed by atoms with Gasteiger partial charge in [0, 0.05) is 17.7 Å². The number of rotatable bonds is 4. The van der Waals surface area contributed by atoms with Gasteiger partial charge in [0.2, 0.25) is 5.13 Å². The van der Waals surface area contributed by atoms with E-state index in [1.165, 1.54) is 23.7 Å². The molecule has 0 radical (unpaired) electrons. The Morgan fingerprint density at radius 2 is 2.10 bits per heavy atom. The van der Waals surface area contributed by atoms with Crippen LogP contribution in [0.5, 0.6) is 0 Å². The van der Waals surface area contributed by atoms with Crippen LogP contribution in [-0.4, -0.2) is 14.3 Å².